The highest BCUT2D eigenvalue weighted by Gasteiger charge is 1.81. The van der Waals surface area contributed by atoms with Crippen molar-refractivity contribution in [3.63, 3.8) is 0 Å². The van der Waals surface area contributed by atoms with Gasteiger partial charge in [0.25, 0.3) is 0 Å². The second kappa shape index (κ2) is 15.9. The number of aliphatic hydroxyl groups excluding tert-OH is 2. The largest absolute Gasteiger partial charge is 0.396 e. The summed E-state index contributed by atoms with van der Waals surface area (Å²) in [5, 5.41) is 19.4. The van der Waals surface area contributed by atoms with Crippen molar-refractivity contribution in [1.29, 1.82) is 0 Å². The summed E-state index contributed by atoms with van der Waals surface area (Å²) >= 11 is 0. The fraction of sp³-hybridized carbons (Fsp3) is 1.00. The molecular formula is C7H19NO2. The number of hydrogen-bond acceptors (Lipinski definition) is 3. The van der Waals surface area contributed by atoms with Gasteiger partial charge in [-0.25, -0.2) is 0 Å². The van der Waals surface area contributed by atoms with E-state index in [2.05, 4.69) is 5.32 Å². The molecule has 3 N–H and O–H groups in total. The van der Waals surface area contributed by atoms with Crippen molar-refractivity contribution < 1.29 is 10.2 Å². The van der Waals surface area contributed by atoms with Gasteiger partial charge in [-0.2, -0.15) is 0 Å². The lowest BCUT2D eigenvalue weighted by Gasteiger charge is -1.97. The lowest BCUT2D eigenvalue weighted by atomic mass is 10.4. The van der Waals surface area contributed by atoms with Crippen LogP contribution in [0.15, 0.2) is 0 Å². The minimum Gasteiger partial charge on any atom is -0.396 e. The molecule has 0 aliphatic rings. The van der Waals surface area contributed by atoms with Crippen LogP contribution in [-0.4, -0.2) is 36.5 Å². The van der Waals surface area contributed by atoms with E-state index in [4.69, 9.17) is 10.2 Å². The van der Waals surface area contributed by atoms with Gasteiger partial charge in [0.2, 0.25) is 0 Å². The Bertz CT molecular complexity index is 36.6. The van der Waals surface area contributed by atoms with Gasteiger partial charge in [0.15, 0.2) is 0 Å². The maximum atomic E-state index is 8.26. The van der Waals surface area contributed by atoms with E-state index >= 15 is 0 Å². The summed E-state index contributed by atoms with van der Waals surface area (Å²) in [6, 6.07) is 0. The van der Waals surface area contributed by atoms with E-state index in [0.29, 0.717) is 6.54 Å². The standard InChI is InChI=1S/C5H13NO2.C2H6/c7-4-1-2-6-3-5-8;1-2/h6-8H,1-5H2;1-2H3. The Morgan fingerprint density at radius 2 is 1.60 bits per heavy atom. The van der Waals surface area contributed by atoms with Crippen molar-refractivity contribution in [3.05, 3.63) is 0 Å². The molecule has 10 heavy (non-hydrogen) atoms. The van der Waals surface area contributed by atoms with Gasteiger partial charge in [0.05, 0.1) is 6.61 Å². The molecule has 64 valence electrons. The molecule has 0 rings (SSSR count). The second-order valence-corrected chi connectivity index (χ2v) is 1.55. The van der Waals surface area contributed by atoms with Crippen molar-refractivity contribution in [2.24, 2.45) is 0 Å². The Kier molecular flexibility index (Phi) is 20.0. The predicted molar refractivity (Wildman–Crippen MR) is 43.0 cm³/mol. The van der Waals surface area contributed by atoms with Crippen LogP contribution in [0.2, 0.25) is 0 Å². The summed E-state index contributed by atoms with van der Waals surface area (Å²) in [6.45, 7) is 5.81. The van der Waals surface area contributed by atoms with Crippen molar-refractivity contribution in [2.75, 3.05) is 26.3 Å². The zero-order chi connectivity index (χ0) is 8.24. The molecule has 0 aliphatic heterocycles. The van der Waals surface area contributed by atoms with Crippen LogP contribution in [0.25, 0.3) is 0 Å². The first kappa shape index (κ1) is 12.5. The van der Waals surface area contributed by atoms with Crippen LogP contribution in [0.5, 0.6) is 0 Å². The van der Waals surface area contributed by atoms with Crippen molar-refractivity contribution >= 4 is 0 Å². The fourth-order valence-corrected chi connectivity index (χ4v) is 0.408. The highest BCUT2D eigenvalue weighted by atomic mass is 16.3. The summed E-state index contributed by atoms with van der Waals surface area (Å²) < 4.78 is 0. The molecular weight excluding hydrogens is 130 g/mol. The van der Waals surface area contributed by atoms with Crippen LogP contribution in [0.3, 0.4) is 0 Å². The molecule has 0 atom stereocenters. The smallest absolute Gasteiger partial charge is 0.0555 e. The van der Waals surface area contributed by atoms with Gasteiger partial charge in [-0.05, 0) is 13.0 Å². The average molecular weight is 149 g/mol. The topological polar surface area (TPSA) is 52.5 Å². The lowest BCUT2D eigenvalue weighted by molar-refractivity contribution is 0.272. The van der Waals surface area contributed by atoms with E-state index in [-0.39, 0.29) is 13.2 Å². The zero-order valence-electron chi connectivity index (χ0n) is 6.93. The van der Waals surface area contributed by atoms with Crippen LogP contribution in [0, 0.1) is 0 Å². The normalized spacial score (nSPS) is 8.40. The molecule has 3 heteroatoms. The van der Waals surface area contributed by atoms with E-state index in [1.54, 1.807) is 0 Å². The van der Waals surface area contributed by atoms with E-state index < -0.39 is 0 Å². The zero-order valence-corrected chi connectivity index (χ0v) is 6.93. The summed E-state index contributed by atoms with van der Waals surface area (Å²) in [7, 11) is 0. The quantitative estimate of drug-likeness (QED) is 0.481. The fourth-order valence-electron chi connectivity index (χ4n) is 0.408. The third kappa shape index (κ3) is 15.7. The summed E-state index contributed by atoms with van der Waals surface area (Å²) in [4.78, 5) is 0. The van der Waals surface area contributed by atoms with Gasteiger partial charge in [-0.1, -0.05) is 13.8 Å². The molecule has 0 aromatic rings. The third-order valence-electron chi connectivity index (χ3n) is 0.800. The van der Waals surface area contributed by atoms with Crippen molar-refractivity contribution in [3.8, 4) is 0 Å². The minimum atomic E-state index is 0.172. The van der Waals surface area contributed by atoms with E-state index in [1.807, 2.05) is 13.8 Å². The molecule has 0 aromatic heterocycles. The highest BCUT2D eigenvalue weighted by Crippen LogP contribution is 1.69. The first-order chi connectivity index (χ1) is 4.91. The molecule has 0 amide bonds. The maximum Gasteiger partial charge on any atom is 0.0555 e. The van der Waals surface area contributed by atoms with E-state index in [9.17, 15) is 0 Å². The van der Waals surface area contributed by atoms with Gasteiger partial charge in [-0.3, -0.25) is 0 Å². The molecule has 3 nitrogen and oxygen atoms in total. The Morgan fingerprint density at radius 1 is 1.00 bits per heavy atom. The van der Waals surface area contributed by atoms with Gasteiger partial charge in [-0.15, -0.1) is 0 Å². The van der Waals surface area contributed by atoms with Crippen LogP contribution in [-0.2, 0) is 0 Å². The minimum absolute atomic E-state index is 0.172. The molecule has 0 aliphatic carbocycles. The average Bonchev–Trinajstić information content (AvgIpc) is 2.02. The SMILES string of the molecule is CC.OCCCNCCO. The molecule has 0 fully saturated rings. The monoisotopic (exact) mass is 149 g/mol. The number of rotatable bonds is 5. The Morgan fingerprint density at radius 3 is 2.00 bits per heavy atom. The summed E-state index contributed by atoms with van der Waals surface area (Å²) in [5.41, 5.74) is 0. The first-order valence-electron chi connectivity index (χ1n) is 3.84. The van der Waals surface area contributed by atoms with Crippen LogP contribution >= 0.6 is 0 Å². The van der Waals surface area contributed by atoms with Crippen LogP contribution in [0.1, 0.15) is 20.3 Å². The molecule has 0 heterocycles. The van der Waals surface area contributed by atoms with E-state index in [1.165, 1.54) is 0 Å². The van der Waals surface area contributed by atoms with Crippen LogP contribution in [0.4, 0.5) is 0 Å². The summed E-state index contributed by atoms with van der Waals surface area (Å²) in [5.74, 6) is 0. The lowest BCUT2D eigenvalue weighted by Crippen LogP contribution is -2.19. The van der Waals surface area contributed by atoms with Gasteiger partial charge in [0.1, 0.15) is 0 Å². The Balaban J connectivity index is 0. The molecule has 0 saturated carbocycles. The Labute approximate surface area is 63.1 Å². The summed E-state index contributed by atoms with van der Waals surface area (Å²) in [6.07, 6.45) is 0.764. The molecule has 0 radical (unpaired) electrons. The van der Waals surface area contributed by atoms with Crippen molar-refractivity contribution in [1.82, 2.24) is 5.32 Å². The third-order valence-corrected chi connectivity index (χ3v) is 0.800. The molecule has 0 aromatic carbocycles. The van der Waals surface area contributed by atoms with Gasteiger partial charge in [0, 0.05) is 13.2 Å². The Hall–Kier alpha value is -0.120. The number of nitrogens with one attached hydrogen (secondary N) is 1. The maximum absolute atomic E-state index is 8.26. The highest BCUT2D eigenvalue weighted by molar-refractivity contribution is 4.43. The first-order valence-corrected chi connectivity index (χ1v) is 3.84. The van der Waals surface area contributed by atoms with Gasteiger partial charge < -0.3 is 15.5 Å². The molecule has 0 bridgehead atoms. The molecule has 0 unspecified atom stereocenters. The van der Waals surface area contributed by atoms with E-state index in [0.717, 1.165) is 13.0 Å². The molecule has 0 spiro atoms. The van der Waals surface area contributed by atoms with Crippen molar-refractivity contribution in [2.45, 2.75) is 20.3 Å². The van der Waals surface area contributed by atoms with Gasteiger partial charge >= 0.3 is 0 Å². The predicted octanol–water partition coefficient (Wildman–Crippen LogP) is -0.0231. The second-order valence-electron chi connectivity index (χ2n) is 1.55. The molecule has 0 saturated heterocycles. The number of aliphatic hydroxyl groups is 2. The van der Waals surface area contributed by atoms with Crippen LogP contribution < -0.4 is 5.32 Å². The number of hydrogen-bond donors (Lipinski definition) is 3.